The van der Waals surface area contributed by atoms with Crippen LogP contribution in [-0.2, 0) is 0 Å². The fourth-order valence-electron chi connectivity index (χ4n) is 11.6. The average Bonchev–Trinajstić information content (AvgIpc) is 2.70. The number of hydrogen-bond donors (Lipinski definition) is 2. The van der Waals surface area contributed by atoms with Crippen molar-refractivity contribution in [2.45, 2.75) is 131 Å². The van der Waals surface area contributed by atoms with Gasteiger partial charge in [-0.1, -0.05) is 48.5 Å². The molecule has 0 unspecified atom stereocenters. The van der Waals surface area contributed by atoms with Gasteiger partial charge in [-0.15, -0.1) is 0 Å². The van der Waals surface area contributed by atoms with Gasteiger partial charge in [0.15, 0.2) is 0 Å². The van der Waals surface area contributed by atoms with Gasteiger partial charge in [-0.25, -0.2) is 0 Å². The van der Waals surface area contributed by atoms with Crippen LogP contribution < -0.4 is 0 Å². The molecule has 184 valence electrons. The molecule has 2 N–H and O–H groups in total. The van der Waals surface area contributed by atoms with Crippen molar-refractivity contribution in [1.82, 2.24) is 0 Å². The molecule has 0 spiro atoms. The van der Waals surface area contributed by atoms with Gasteiger partial charge in [-0.2, -0.15) is 0 Å². The molecule has 0 aromatic rings. The molecule has 5 aliphatic rings. The van der Waals surface area contributed by atoms with E-state index in [-0.39, 0.29) is 11.5 Å². The highest BCUT2D eigenvalue weighted by Crippen LogP contribution is 2.77. The van der Waals surface area contributed by atoms with E-state index in [9.17, 15) is 10.2 Å². The molecular weight excluding hydrogens is 392 g/mol. The Bertz CT molecular complexity index is 771. The third-order valence-corrected chi connectivity index (χ3v) is 14.1. The van der Waals surface area contributed by atoms with E-state index in [1.165, 1.54) is 51.4 Å². The van der Waals surface area contributed by atoms with Crippen LogP contribution in [0.3, 0.4) is 0 Å². The molecule has 0 aromatic carbocycles. The van der Waals surface area contributed by atoms with Crippen LogP contribution in [-0.4, -0.2) is 21.9 Å². The Labute approximate surface area is 198 Å². The molecule has 5 aliphatic carbocycles. The largest absolute Gasteiger partial charge is 0.393 e. The molecule has 0 amide bonds. The fraction of sp³-hybridized carbons (Fsp3) is 1.00. The summed E-state index contributed by atoms with van der Waals surface area (Å²) >= 11 is 0. The smallest absolute Gasteiger partial charge is 0.0648 e. The van der Waals surface area contributed by atoms with E-state index < -0.39 is 5.60 Å². The van der Waals surface area contributed by atoms with Crippen LogP contribution in [0, 0.1) is 56.7 Å². The predicted molar refractivity (Wildman–Crippen MR) is 132 cm³/mol. The number of hydrogen-bond acceptors (Lipinski definition) is 2. The van der Waals surface area contributed by atoms with E-state index in [1.807, 2.05) is 0 Å². The number of aliphatic hydroxyl groups is 2. The highest BCUT2D eigenvalue weighted by Gasteiger charge is 2.70. The third-order valence-electron chi connectivity index (χ3n) is 14.1. The quantitative estimate of drug-likeness (QED) is 0.414. The summed E-state index contributed by atoms with van der Waals surface area (Å²) in [5.74, 6) is 3.19. The van der Waals surface area contributed by atoms with E-state index in [4.69, 9.17) is 0 Å². The topological polar surface area (TPSA) is 40.5 Å². The Kier molecular flexibility index (Phi) is 5.01. The molecule has 0 bridgehead atoms. The molecule has 32 heavy (non-hydrogen) atoms. The Hall–Kier alpha value is -0.0800. The van der Waals surface area contributed by atoms with Crippen LogP contribution in [0.15, 0.2) is 0 Å². The summed E-state index contributed by atoms with van der Waals surface area (Å²) in [7, 11) is 0. The SMILES string of the molecule is C[C@@H]1[C@@H]2[C@H]3CC[C@@H]4[C@@]5(C)CC[C@H](O)C(C)(C)[C@@H]5CC[C@@]4(C)[C@]3(C)CC[C@@]2(C)CC[C@@]1(C)O. The molecule has 0 radical (unpaired) electrons. The van der Waals surface area contributed by atoms with Gasteiger partial charge >= 0.3 is 0 Å². The third kappa shape index (κ3) is 2.72. The van der Waals surface area contributed by atoms with Crippen molar-refractivity contribution in [3.8, 4) is 0 Å². The highest BCUT2D eigenvalue weighted by molar-refractivity contribution is 5.19. The average molecular weight is 445 g/mol. The first kappa shape index (κ1) is 23.7. The van der Waals surface area contributed by atoms with Gasteiger partial charge in [0.1, 0.15) is 0 Å². The van der Waals surface area contributed by atoms with Crippen molar-refractivity contribution in [2.75, 3.05) is 0 Å². The predicted octanol–water partition coefficient (Wildman–Crippen LogP) is 7.22. The molecular formula is C30H52O2. The highest BCUT2D eigenvalue weighted by atomic mass is 16.3. The Morgan fingerprint density at radius 1 is 0.656 bits per heavy atom. The summed E-state index contributed by atoms with van der Waals surface area (Å²) in [6, 6.07) is 0. The lowest BCUT2D eigenvalue weighted by atomic mass is 9.31. The lowest BCUT2D eigenvalue weighted by molar-refractivity contribution is -0.264. The van der Waals surface area contributed by atoms with Gasteiger partial charge in [0.25, 0.3) is 0 Å². The first-order chi connectivity index (χ1) is 14.6. The zero-order valence-corrected chi connectivity index (χ0v) is 22.4. The normalized spacial score (nSPS) is 61.7. The second-order valence-corrected chi connectivity index (χ2v) is 15.4. The van der Waals surface area contributed by atoms with Gasteiger partial charge in [0, 0.05) is 0 Å². The summed E-state index contributed by atoms with van der Waals surface area (Å²) < 4.78 is 0. The summed E-state index contributed by atoms with van der Waals surface area (Å²) in [6.45, 7) is 19.8. The second-order valence-electron chi connectivity index (χ2n) is 15.4. The van der Waals surface area contributed by atoms with Crippen LogP contribution in [0.2, 0.25) is 0 Å². The minimum absolute atomic E-state index is 0.0355. The Morgan fingerprint density at radius 2 is 1.31 bits per heavy atom. The number of fused-ring (bicyclic) bond motifs is 7. The maximum Gasteiger partial charge on any atom is 0.0648 e. The lowest BCUT2D eigenvalue weighted by Crippen LogP contribution is -2.68. The van der Waals surface area contributed by atoms with Crippen molar-refractivity contribution in [2.24, 2.45) is 56.7 Å². The molecule has 5 rings (SSSR count). The Morgan fingerprint density at radius 3 is 2.00 bits per heavy atom. The minimum Gasteiger partial charge on any atom is -0.393 e. The van der Waals surface area contributed by atoms with Crippen LogP contribution in [0.25, 0.3) is 0 Å². The van der Waals surface area contributed by atoms with Crippen molar-refractivity contribution >= 4 is 0 Å². The van der Waals surface area contributed by atoms with E-state index in [2.05, 4.69) is 55.4 Å². The van der Waals surface area contributed by atoms with E-state index in [1.54, 1.807) is 0 Å². The molecule has 5 saturated carbocycles. The van der Waals surface area contributed by atoms with Crippen molar-refractivity contribution in [3.05, 3.63) is 0 Å². The molecule has 5 fully saturated rings. The monoisotopic (exact) mass is 444 g/mol. The minimum atomic E-state index is -0.507. The van der Waals surface area contributed by atoms with Crippen LogP contribution in [0.1, 0.15) is 120 Å². The lowest BCUT2D eigenvalue weighted by Gasteiger charge is -2.74. The van der Waals surface area contributed by atoms with E-state index >= 15 is 0 Å². The summed E-state index contributed by atoms with van der Waals surface area (Å²) in [6.07, 6.45) is 12.3. The van der Waals surface area contributed by atoms with Gasteiger partial charge in [0.2, 0.25) is 0 Å². The summed E-state index contributed by atoms with van der Waals surface area (Å²) in [5, 5.41) is 22.2. The molecule has 2 heteroatoms. The number of aliphatic hydroxyl groups excluding tert-OH is 1. The first-order valence-corrected chi connectivity index (χ1v) is 14.0. The molecule has 11 atom stereocenters. The molecule has 0 saturated heterocycles. The van der Waals surface area contributed by atoms with Crippen LogP contribution in [0.4, 0.5) is 0 Å². The van der Waals surface area contributed by atoms with Gasteiger partial charge < -0.3 is 10.2 Å². The van der Waals surface area contributed by atoms with E-state index in [0.29, 0.717) is 39.4 Å². The fourth-order valence-corrected chi connectivity index (χ4v) is 11.6. The Balaban J connectivity index is 1.54. The van der Waals surface area contributed by atoms with Crippen molar-refractivity contribution < 1.29 is 10.2 Å². The number of rotatable bonds is 0. The van der Waals surface area contributed by atoms with Crippen molar-refractivity contribution in [1.29, 1.82) is 0 Å². The summed E-state index contributed by atoms with van der Waals surface area (Å²) in [4.78, 5) is 0. The molecule has 2 nitrogen and oxygen atoms in total. The maximum absolute atomic E-state index is 11.3. The van der Waals surface area contributed by atoms with Crippen LogP contribution in [0.5, 0.6) is 0 Å². The first-order valence-electron chi connectivity index (χ1n) is 14.0. The summed E-state index contributed by atoms with van der Waals surface area (Å²) in [5.41, 5.74) is 1.04. The maximum atomic E-state index is 11.3. The van der Waals surface area contributed by atoms with Crippen molar-refractivity contribution in [3.63, 3.8) is 0 Å². The van der Waals surface area contributed by atoms with Gasteiger partial charge in [-0.05, 0) is 128 Å². The van der Waals surface area contributed by atoms with Crippen LogP contribution >= 0.6 is 0 Å². The van der Waals surface area contributed by atoms with Gasteiger partial charge in [0.05, 0.1) is 11.7 Å². The molecule has 0 aromatic heterocycles. The standard InChI is InChI=1S/C30H52O2/c1-19-24-20-9-10-22-27(5)13-12-23(31)25(2,3)21(27)11-14-29(22,7)28(20,6)17-15-26(24,4)16-18-30(19,8)32/h19-24,31-32H,9-18H2,1-8H3/t19-,20-,21+,22-,23+,24-,26+,27+,28-,29-,30-/m1/s1. The zero-order chi connectivity index (χ0) is 23.5. The molecule has 0 aliphatic heterocycles. The van der Waals surface area contributed by atoms with E-state index in [0.717, 1.165) is 24.7 Å². The zero-order valence-electron chi connectivity index (χ0n) is 22.4. The van der Waals surface area contributed by atoms with Gasteiger partial charge in [-0.3, -0.25) is 0 Å². The molecule has 0 heterocycles. The second kappa shape index (κ2) is 6.77.